The van der Waals surface area contributed by atoms with Gasteiger partial charge < -0.3 is 19.6 Å². The average molecular weight is 193 g/mol. The monoisotopic (exact) mass is 193 g/mol. The Hall–Kier alpha value is -1.68. The number of hydrogen-bond donors (Lipinski definition) is 2. The van der Waals surface area contributed by atoms with E-state index in [0.29, 0.717) is 11.5 Å². The smallest absolute Gasteiger partial charge is 0.186 e. The number of rotatable bonds is 3. The van der Waals surface area contributed by atoms with Crippen molar-refractivity contribution in [1.29, 1.82) is 0 Å². The van der Waals surface area contributed by atoms with Crippen LogP contribution in [-0.2, 0) is 0 Å². The molecule has 0 aliphatic heterocycles. The van der Waals surface area contributed by atoms with Gasteiger partial charge >= 0.3 is 0 Å². The SMILES string of the molecule is COc1cc2[nH]ccc2cc1OCO. The van der Waals surface area contributed by atoms with E-state index in [1.165, 1.54) is 0 Å². The van der Waals surface area contributed by atoms with Crippen molar-refractivity contribution >= 4 is 10.9 Å². The van der Waals surface area contributed by atoms with Crippen molar-refractivity contribution in [2.24, 2.45) is 0 Å². The Balaban J connectivity index is 2.54. The molecular weight excluding hydrogens is 182 g/mol. The van der Waals surface area contributed by atoms with Gasteiger partial charge in [0.25, 0.3) is 0 Å². The van der Waals surface area contributed by atoms with Gasteiger partial charge in [-0.15, -0.1) is 0 Å². The molecule has 0 atom stereocenters. The van der Waals surface area contributed by atoms with E-state index in [1.807, 2.05) is 24.4 Å². The van der Waals surface area contributed by atoms with Gasteiger partial charge in [0.2, 0.25) is 0 Å². The zero-order chi connectivity index (χ0) is 9.97. The molecule has 0 aliphatic carbocycles. The summed E-state index contributed by atoms with van der Waals surface area (Å²) in [4.78, 5) is 3.07. The fourth-order valence-corrected chi connectivity index (χ4v) is 1.40. The van der Waals surface area contributed by atoms with Crippen molar-refractivity contribution in [2.45, 2.75) is 0 Å². The van der Waals surface area contributed by atoms with Gasteiger partial charge in [-0.1, -0.05) is 0 Å². The van der Waals surface area contributed by atoms with Crippen LogP contribution in [0, 0.1) is 0 Å². The first-order valence-electron chi connectivity index (χ1n) is 4.24. The lowest BCUT2D eigenvalue weighted by atomic mass is 10.2. The average Bonchev–Trinajstić information content (AvgIpc) is 2.64. The van der Waals surface area contributed by atoms with E-state index in [0.717, 1.165) is 10.9 Å². The van der Waals surface area contributed by atoms with E-state index in [-0.39, 0.29) is 6.79 Å². The van der Waals surface area contributed by atoms with Gasteiger partial charge in [0.15, 0.2) is 18.3 Å². The lowest BCUT2D eigenvalue weighted by Gasteiger charge is -2.08. The molecule has 2 N–H and O–H groups in total. The minimum Gasteiger partial charge on any atom is -0.493 e. The van der Waals surface area contributed by atoms with Crippen LogP contribution in [0.4, 0.5) is 0 Å². The van der Waals surface area contributed by atoms with Crippen molar-refractivity contribution in [3.63, 3.8) is 0 Å². The van der Waals surface area contributed by atoms with E-state index in [4.69, 9.17) is 14.6 Å². The molecule has 0 spiro atoms. The van der Waals surface area contributed by atoms with E-state index < -0.39 is 0 Å². The number of aliphatic hydroxyl groups is 1. The van der Waals surface area contributed by atoms with E-state index in [2.05, 4.69) is 4.98 Å². The molecule has 1 heterocycles. The Kier molecular flexibility index (Phi) is 2.28. The molecule has 0 amide bonds. The maximum absolute atomic E-state index is 8.68. The lowest BCUT2D eigenvalue weighted by molar-refractivity contribution is 0.0956. The number of H-pyrrole nitrogens is 1. The normalized spacial score (nSPS) is 10.4. The first kappa shape index (κ1) is 8.90. The minimum atomic E-state index is -0.355. The largest absolute Gasteiger partial charge is 0.493 e. The topological polar surface area (TPSA) is 54.5 Å². The van der Waals surface area contributed by atoms with E-state index in [9.17, 15) is 0 Å². The molecule has 0 saturated heterocycles. The van der Waals surface area contributed by atoms with Gasteiger partial charge in [-0.25, -0.2) is 0 Å². The van der Waals surface area contributed by atoms with Crippen molar-refractivity contribution in [1.82, 2.24) is 4.98 Å². The summed E-state index contributed by atoms with van der Waals surface area (Å²) in [6.07, 6.45) is 1.84. The van der Waals surface area contributed by atoms with Crippen LogP contribution in [0.5, 0.6) is 11.5 Å². The van der Waals surface area contributed by atoms with Gasteiger partial charge in [-0.2, -0.15) is 0 Å². The molecule has 4 nitrogen and oxygen atoms in total. The number of aliphatic hydroxyl groups excluding tert-OH is 1. The van der Waals surface area contributed by atoms with Gasteiger partial charge in [-0.05, 0) is 12.1 Å². The van der Waals surface area contributed by atoms with Crippen LogP contribution in [0.3, 0.4) is 0 Å². The molecule has 0 bridgehead atoms. The summed E-state index contributed by atoms with van der Waals surface area (Å²) in [6.45, 7) is -0.355. The van der Waals surface area contributed by atoms with Crippen LogP contribution in [0.2, 0.25) is 0 Å². The molecule has 0 aliphatic rings. The highest BCUT2D eigenvalue weighted by atomic mass is 16.6. The van der Waals surface area contributed by atoms with Crippen LogP contribution in [-0.4, -0.2) is 24.0 Å². The molecule has 2 aromatic rings. The molecule has 0 fully saturated rings. The van der Waals surface area contributed by atoms with Gasteiger partial charge in [0.05, 0.1) is 7.11 Å². The zero-order valence-electron chi connectivity index (χ0n) is 7.78. The van der Waals surface area contributed by atoms with Crippen molar-refractivity contribution < 1.29 is 14.6 Å². The molecule has 2 rings (SSSR count). The summed E-state index contributed by atoms with van der Waals surface area (Å²) in [5.41, 5.74) is 0.979. The van der Waals surface area contributed by atoms with Crippen molar-refractivity contribution in [3.8, 4) is 11.5 Å². The number of benzene rings is 1. The summed E-state index contributed by atoms with van der Waals surface area (Å²) >= 11 is 0. The van der Waals surface area contributed by atoms with Crippen molar-refractivity contribution in [2.75, 3.05) is 13.9 Å². The fourth-order valence-electron chi connectivity index (χ4n) is 1.40. The molecular formula is C10H11NO3. The van der Waals surface area contributed by atoms with Crippen molar-refractivity contribution in [3.05, 3.63) is 24.4 Å². The maximum atomic E-state index is 8.68. The number of aromatic nitrogens is 1. The first-order valence-corrected chi connectivity index (χ1v) is 4.24. The molecule has 0 radical (unpaired) electrons. The summed E-state index contributed by atoms with van der Waals surface area (Å²) in [5, 5.41) is 9.70. The molecule has 0 unspecified atom stereocenters. The summed E-state index contributed by atoms with van der Waals surface area (Å²) in [5.74, 6) is 1.15. The van der Waals surface area contributed by atoms with E-state index >= 15 is 0 Å². The van der Waals surface area contributed by atoms with Gasteiger partial charge in [0.1, 0.15) is 0 Å². The van der Waals surface area contributed by atoms with Crippen LogP contribution in [0.15, 0.2) is 24.4 Å². The third-order valence-electron chi connectivity index (χ3n) is 2.06. The number of ether oxygens (including phenoxy) is 2. The molecule has 14 heavy (non-hydrogen) atoms. The number of aromatic amines is 1. The molecule has 1 aromatic heterocycles. The van der Waals surface area contributed by atoms with Crippen LogP contribution >= 0.6 is 0 Å². The third-order valence-corrected chi connectivity index (χ3v) is 2.06. The Morgan fingerprint density at radius 1 is 1.36 bits per heavy atom. The predicted octanol–water partition coefficient (Wildman–Crippen LogP) is 1.51. The molecule has 74 valence electrons. The van der Waals surface area contributed by atoms with Crippen LogP contribution in [0.1, 0.15) is 0 Å². The Morgan fingerprint density at radius 3 is 2.93 bits per heavy atom. The molecule has 4 heteroatoms. The number of methoxy groups -OCH3 is 1. The second-order valence-corrected chi connectivity index (χ2v) is 2.84. The Labute approximate surface area is 81.1 Å². The van der Waals surface area contributed by atoms with Gasteiger partial charge in [-0.3, -0.25) is 0 Å². The van der Waals surface area contributed by atoms with Gasteiger partial charge in [0, 0.05) is 23.2 Å². The van der Waals surface area contributed by atoms with Crippen LogP contribution in [0.25, 0.3) is 10.9 Å². The standard InChI is InChI=1S/C10H11NO3/c1-13-9-5-8-7(2-3-11-8)4-10(9)14-6-12/h2-5,11-12H,6H2,1H3. The fraction of sp³-hybridized carbons (Fsp3) is 0.200. The summed E-state index contributed by atoms with van der Waals surface area (Å²) in [6, 6.07) is 5.58. The first-order chi connectivity index (χ1) is 6.85. The van der Waals surface area contributed by atoms with Crippen LogP contribution < -0.4 is 9.47 Å². The minimum absolute atomic E-state index is 0.355. The quantitative estimate of drug-likeness (QED) is 0.726. The number of hydrogen-bond acceptors (Lipinski definition) is 3. The second-order valence-electron chi connectivity index (χ2n) is 2.84. The Bertz CT molecular complexity index is 436. The highest BCUT2D eigenvalue weighted by molar-refractivity contribution is 5.83. The summed E-state index contributed by atoms with van der Waals surface area (Å²) < 4.78 is 10.1. The lowest BCUT2D eigenvalue weighted by Crippen LogP contribution is -1.97. The zero-order valence-corrected chi connectivity index (χ0v) is 7.78. The maximum Gasteiger partial charge on any atom is 0.186 e. The highest BCUT2D eigenvalue weighted by Crippen LogP contribution is 2.31. The summed E-state index contributed by atoms with van der Waals surface area (Å²) in [7, 11) is 1.56. The highest BCUT2D eigenvalue weighted by Gasteiger charge is 2.06. The number of nitrogens with one attached hydrogen (secondary N) is 1. The third kappa shape index (κ3) is 1.40. The second kappa shape index (κ2) is 3.59. The molecule has 1 aromatic carbocycles. The number of fused-ring (bicyclic) bond motifs is 1. The predicted molar refractivity (Wildman–Crippen MR) is 52.6 cm³/mol. The molecule has 0 saturated carbocycles. The Morgan fingerprint density at radius 2 is 2.21 bits per heavy atom. The van der Waals surface area contributed by atoms with E-state index in [1.54, 1.807) is 7.11 Å².